The molecule has 4 nitrogen and oxygen atoms in total. The summed E-state index contributed by atoms with van der Waals surface area (Å²) in [4.78, 5) is 0.250. The van der Waals surface area contributed by atoms with Gasteiger partial charge < -0.3 is 4.74 Å². The van der Waals surface area contributed by atoms with Gasteiger partial charge in [-0.2, -0.15) is 0 Å². The molecule has 2 aliphatic carbocycles. The summed E-state index contributed by atoms with van der Waals surface area (Å²) in [5.41, 5.74) is 6.13. The second kappa shape index (κ2) is 7.88. The van der Waals surface area contributed by atoms with Crippen LogP contribution in [0, 0.1) is 0 Å². The first-order chi connectivity index (χ1) is 13.5. The predicted octanol–water partition coefficient (Wildman–Crippen LogP) is 4.49. The van der Waals surface area contributed by atoms with Crippen LogP contribution in [0.1, 0.15) is 66.5 Å². The summed E-state index contributed by atoms with van der Waals surface area (Å²) in [6, 6.07) is 9.82. The lowest BCUT2D eigenvalue weighted by atomic mass is 9.89. The third kappa shape index (κ3) is 3.83. The second-order valence-corrected chi connectivity index (χ2v) is 9.74. The maximum Gasteiger partial charge on any atom is 0.244 e. The molecule has 0 saturated carbocycles. The molecule has 4 rings (SSSR count). The molecule has 0 aromatic heterocycles. The number of benzene rings is 2. The second-order valence-electron chi connectivity index (χ2n) is 8.06. The Morgan fingerprint density at radius 2 is 1.43 bits per heavy atom. The Hall–Kier alpha value is -1.85. The summed E-state index contributed by atoms with van der Waals surface area (Å²) in [5, 5.41) is 0. The van der Waals surface area contributed by atoms with E-state index in [4.69, 9.17) is 4.74 Å². The van der Waals surface area contributed by atoms with Crippen molar-refractivity contribution in [1.82, 2.24) is 4.72 Å². The molecule has 2 aromatic rings. The maximum absolute atomic E-state index is 13.2. The van der Waals surface area contributed by atoms with Crippen molar-refractivity contribution in [2.45, 2.75) is 69.2 Å². The van der Waals surface area contributed by atoms with E-state index in [0.717, 1.165) is 49.7 Å². The SMILES string of the molecule is COc1cc2c(cc1S(=O)(=O)NC(C)c1ccc3c(c1)CCCC3)CCCC2. The molecule has 0 bridgehead atoms. The van der Waals surface area contributed by atoms with E-state index in [2.05, 4.69) is 22.9 Å². The van der Waals surface area contributed by atoms with E-state index in [9.17, 15) is 8.42 Å². The molecule has 0 heterocycles. The average molecular weight is 400 g/mol. The monoisotopic (exact) mass is 399 g/mol. The van der Waals surface area contributed by atoms with Gasteiger partial charge in [0.05, 0.1) is 7.11 Å². The van der Waals surface area contributed by atoms with E-state index in [1.807, 2.05) is 19.1 Å². The highest BCUT2D eigenvalue weighted by molar-refractivity contribution is 7.89. The zero-order chi connectivity index (χ0) is 19.7. The van der Waals surface area contributed by atoms with Crippen molar-refractivity contribution in [3.05, 3.63) is 58.1 Å². The maximum atomic E-state index is 13.2. The van der Waals surface area contributed by atoms with Crippen LogP contribution in [0.4, 0.5) is 0 Å². The zero-order valence-electron chi connectivity index (χ0n) is 16.8. The molecule has 1 N–H and O–H groups in total. The summed E-state index contributed by atoms with van der Waals surface area (Å²) in [7, 11) is -2.14. The summed E-state index contributed by atoms with van der Waals surface area (Å²) in [6.07, 6.45) is 8.85. The molecule has 2 aromatic carbocycles. The van der Waals surface area contributed by atoms with Gasteiger partial charge in [-0.3, -0.25) is 0 Å². The van der Waals surface area contributed by atoms with Crippen LogP contribution in [0.2, 0.25) is 0 Å². The molecule has 0 saturated heterocycles. The number of nitrogens with one attached hydrogen (secondary N) is 1. The van der Waals surface area contributed by atoms with Crippen LogP contribution in [-0.2, 0) is 35.7 Å². The van der Waals surface area contributed by atoms with Gasteiger partial charge in [0.2, 0.25) is 10.0 Å². The third-order valence-corrected chi connectivity index (χ3v) is 7.68. The fraction of sp³-hybridized carbons (Fsp3) is 0.478. The van der Waals surface area contributed by atoms with Crippen molar-refractivity contribution < 1.29 is 13.2 Å². The first-order valence-corrected chi connectivity index (χ1v) is 11.8. The molecular weight excluding hydrogens is 370 g/mol. The van der Waals surface area contributed by atoms with E-state index in [-0.39, 0.29) is 10.9 Å². The highest BCUT2D eigenvalue weighted by atomic mass is 32.2. The Bertz CT molecular complexity index is 982. The summed E-state index contributed by atoms with van der Waals surface area (Å²) in [5.74, 6) is 0.436. The molecule has 2 aliphatic rings. The molecule has 1 atom stereocenters. The Kier molecular flexibility index (Phi) is 5.48. The van der Waals surface area contributed by atoms with Gasteiger partial charge in [0, 0.05) is 6.04 Å². The van der Waals surface area contributed by atoms with E-state index < -0.39 is 10.0 Å². The first-order valence-electron chi connectivity index (χ1n) is 10.3. The molecule has 1 unspecified atom stereocenters. The molecule has 0 radical (unpaired) electrons. The summed E-state index contributed by atoms with van der Waals surface area (Å²) < 4.78 is 34.7. The van der Waals surface area contributed by atoms with Crippen LogP contribution in [0.15, 0.2) is 35.2 Å². The minimum Gasteiger partial charge on any atom is -0.495 e. The van der Waals surface area contributed by atoms with E-state index in [0.29, 0.717) is 5.75 Å². The fourth-order valence-electron chi connectivity index (χ4n) is 4.50. The van der Waals surface area contributed by atoms with Gasteiger partial charge in [-0.05, 0) is 98.2 Å². The smallest absolute Gasteiger partial charge is 0.244 e. The quantitative estimate of drug-likeness (QED) is 0.806. The van der Waals surface area contributed by atoms with Gasteiger partial charge in [-0.1, -0.05) is 18.2 Å². The van der Waals surface area contributed by atoms with Gasteiger partial charge in [0.15, 0.2) is 0 Å². The van der Waals surface area contributed by atoms with Crippen LogP contribution in [0.3, 0.4) is 0 Å². The van der Waals surface area contributed by atoms with Crippen LogP contribution >= 0.6 is 0 Å². The number of ether oxygens (including phenoxy) is 1. The molecule has 0 amide bonds. The van der Waals surface area contributed by atoms with Crippen molar-refractivity contribution >= 4 is 10.0 Å². The number of rotatable bonds is 5. The third-order valence-electron chi connectivity index (χ3n) is 6.12. The van der Waals surface area contributed by atoms with Crippen LogP contribution in [0.5, 0.6) is 5.75 Å². The van der Waals surface area contributed by atoms with E-state index in [1.165, 1.54) is 36.6 Å². The van der Waals surface area contributed by atoms with Gasteiger partial charge in [0.1, 0.15) is 10.6 Å². The summed E-state index contributed by atoms with van der Waals surface area (Å²) >= 11 is 0. The van der Waals surface area contributed by atoms with Crippen molar-refractivity contribution in [2.24, 2.45) is 0 Å². The number of hydrogen-bond donors (Lipinski definition) is 1. The fourth-order valence-corrected chi connectivity index (χ4v) is 5.93. The predicted molar refractivity (Wildman–Crippen MR) is 111 cm³/mol. The van der Waals surface area contributed by atoms with Crippen LogP contribution in [-0.4, -0.2) is 15.5 Å². The summed E-state index contributed by atoms with van der Waals surface area (Å²) in [6.45, 7) is 1.91. The lowest BCUT2D eigenvalue weighted by Crippen LogP contribution is -2.28. The number of methoxy groups -OCH3 is 1. The van der Waals surface area contributed by atoms with E-state index >= 15 is 0 Å². The van der Waals surface area contributed by atoms with E-state index in [1.54, 1.807) is 0 Å². The standard InChI is InChI=1S/C23H29NO3S/c1-16(18-12-11-17-7-3-4-8-19(17)13-18)24-28(25,26)23-15-21-10-6-5-9-20(21)14-22(23)27-2/h11-16,24H,3-10H2,1-2H3. The largest absolute Gasteiger partial charge is 0.495 e. The molecule has 0 fully saturated rings. The van der Waals surface area contributed by atoms with Gasteiger partial charge in [0.25, 0.3) is 0 Å². The highest BCUT2D eigenvalue weighted by Crippen LogP contribution is 2.33. The van der Waals surface area contributed by atoms with Gasteiger partial charge in [-0.15, -0.1) is 0 Å². The van der Waals surface area contributed by atoms with Crippen molar-refractivity contribution in [3.63, 3.8) is 0 Å². The van der Waals surface area contributed by atoms with Crippen molar-refractivity contribution in [3.8, 4) is 5.75 Å². The zero-order valence-corrected chi connectivity index (χ0v) is 17.6. The normalized spacial score (nSPS) is 17.5. The lowest BCUT2D eigenvalue weighted by Gasteiger charge is -2.22. The lowest BCUT2D eigenvalue weighted by molar-refractivity contribution is 0.400. The van der Waals surface area contributed by atoms with Crippen molar-refractivity contribution in [1.29, 1.82) is 0 Å². The van der Waals surface area contributed by atoms with Crippen LogP contribution < -0.4 is 9.46 Å². The number of sulfonamides is 1. The van der Waals surface area contributed by atoms with Gasteiger partial charge in [-0.25, -0.2) is 13.1 Å². The van der Waals surface area contributed by atoms with Crippen molar-refractivity contribution in [2.75, 3.05) is 7.11 Å². The highest BCUT2D eigenvalue weighted by Gasteiger charge is 2.25. The molecule has 150 valence electrons. The Morgan fingerprint density at radius 3 is 2.07 bits per heavy atom. The number of hydrogen-bond acceptors (Lipinski definition) is 3. The minimum absolute atomic E-state index is 0.250. The average Bonchev–Trinajstić information content (AvgIpc) is 2.72. The minimum atomic E-state index is -3.68. The van der Waals surface area contributed by atoms with Gasteiger partial charge >= 0.3 is 0 Å². The first kappa shape index (κ1) is 19.5. The Morgan fingerprint density at radius 1 is 0.857 bits per heavy atom. The topological polar surface area (TPSA) is 55.4 Å². The number of aryl methyl sites for hydroxylation is 4. The molecule has 0 spiro atoms. The Balaban J connectivity index is 1.62. The van der Waals surface area contributed by atoms with Crippen LogP contribution in [0.25, 0.3) is 0 Å². The number of fused-ring (bicyclic) bond motifs is 2. The molecule has 0 aliphatic heterocycles. The molecular formula is C23H29NO3S. The molecule has 28 heavy (non-hydrogen) atoms. The Labute approximate surface area is 168 Å². The molecule has 5 heteroatoms.